The molecule has 29 heavy (non-hydrogen) atoms. The normalized spacial score (nSPS) is 11.7. The molecule has 0 atom stereocenters. The molecule has 7 nitrogen and oxygen atoms in total. The van der Waals surface area contributed by atoms with Crippen molar-refractivity contribution < 1.29 is 18.3 Å². The highest BCUT2D eigenvalue weighted by atomic mass is 19.3. The number of benzene rings is 2. The standard InChI is InChI=1S/C20H18F2N4O3/c1-12(6-7-13-8-10-14(11-9-13)29-20(21)22)23-26-19(28)17-15-4-2-3-5-16(15)18(27)25-24-17/h2-5,8-11,20H,6-7H2,1H3,(H,25,27)(H,26,28)/b23-12-. The van der Waals surface area contributed by atoms with Crippen molar-refractivity contribution in [2.45, 2.75) is 26.4 Å². The van der Waals surface area contributed by atoms with Crippen LogP contribution >= 0.6 is 0 Å². The quantitative estimate of drug-likeness (QED) is 0.470. The number of rotatable bonds is 7. The highest BCUT2D eigenvalue weighted by molar-refractivity contribution is 6.05. The molecule has 0 aliphatic rings. The molecule has 150 valence electrons. The van der Waals surface area contributed by atoms with E-state index in [0.717, 1.165) is 5.56 Å². The predicted octanol–water partition coefficient (Wildman–Crippen LogP) is 3.26. The summed E-state index contributed by atoms with van der Waals surface area (Å²) in [6, 6.07) is 13.0. The second-order valence-corrected chi connectivity index (χ2v) is 6.26. The van der Waals surface area contributed by atoms with Crippen molar-refractivity contribution in [1.29, 1.82) is 0 Å². The number of ether oxygens (including phenoxy) is 1. The van der Waals surface area contributed by atoms with Crippen LogP contribution in [0.2, 0.25) is 0 Å². The van der Waals surface area contributed by atoms with Crippen molar-refractivity contribution in [3.63, 3.8) is 0 Å². The summed E-state index contributed by atoms with van der Waals surface area (Å²) in [5, 5.41) is 11.0. The largest absolute Gasteiger partial charge is 0.435 e. The molecule has 1 heterocycles. The fraction of sp³-hybridized carbons (Fsp3) is 0.200. The smallest absolute Gasteiger partial charge is 0.387 e. The van der Waals surface area contributed by atoms with Crippen LogP contribution in [-0.4, -0.2) is 28.4 Å². The zero-order chi connectivity index (χ0) is 20.8. The first-order chi connectivity index (χ1) is 13.9. The number of aromatic amines is 1. The van der Waals surface area contributed by atoms with Gasteiger partial charge in [-0.1, -0.05) is 30.3 Å². The molecule has 1 aromatic heterocycles. The highest BCUT2D eigenvalue weighted by Gasteiger charge is 2.13. The molecule has 9 heteroatoms. The van der Waals surface area contributed by atoms with E-state index in [0.29, 0.717) is 29.3 Å². The van der Waals surface area contributed by atoms with Crippen molar-refractivity contribution in [2.24, 2.45) is 5.10 Å². The van der Waals surface area contributed by atoms with Crippen LogP contribution < -0.4 is 15.7 Å². The Kier molecular flexibility index (Phi) is 6.28. The SMILES string of the molecule is C/C(CCc1ccc(OC(F)F)cc1)=N/NC(=O)c1n[nH]c(=O)c2ccccc12. The molecule has 0 bridgehead atoms. The number of carbonyl (C=O) groups is 1. The molecule has 2 aromatic carbocycles. The molecule has 0 unspecified atom stereocenters. The first-order valence-corrected chi connectivity index (χ1v) is 8.78. The molecule has 3 rings (SSSR count). The molecule has 2 N–H and O–H groups in total. The van der Waals surface area contributed by atoms with Crippen LogP contribution in [0.25, 0.3) is 10.8 Å². The zero-order valence-corrected chi connectivity index (χ0v) is 15.5. The Morgan fingerprint density at radius 3 is 2.55 bits per heavy atom. The van der Waals surface area contributed by atoms with Gasteiger partial charge >= 0.3 is 6.61 Å². The van der Waals surface area contributed by atoms with Crippen molar-refractivity contribution >= 4 is 22.4 Å². The van der Waals surface area contributed by atoms with E-state index in [1.165, 1.54) is 12.1 Å². The number of nitrogens with one attached hydrogen (secondary N) is 2. The van der Waals surface area contributed by atoms with Crippen LogP contribution in [0.5, 0.6) is 5.75 Å². The Bertz CT molecular complexity index is 1090. The highest BCUT2D eigenvalue weighted by Crippen LogP contribution is 2.16. The van der Waals surface area contributed by atoms with E-state index in [4.69, 9.17) is 0 Å². The fourth-order valence-electron chi connectivity index (χ4n) is 2.71. The maximum atomic E-state index is 12.4. The Hall–Kier alpha value is -3.62. The molecule has 0 fully saturated rings. The number of hydrazone groups is 1. The third-order valence-corrected chi connectivity index (χ3v) is 4.18. The second kappa shape index (κ2) is 9.05. The number of aromatic nitrogens is 2. The van der Waals surface area contributed by atoms with Gasteiger partial charge < -0.3 is 4.74 Å². The van der Waals surface area contributed by atoms with Gasteiger partial charge in [0.15, 0.2) is 5.69 Å². The molecule has 0 saturated carbocycles. The van der Waals surface area contributed by atoms with Gasteiger partial charge in [-0.3, -0.25) is 9.59 Å². The molecule has 0 radical (unpaired) electrons. The first kappa shape index (κ1) is 20.1. The minimum atomic E-state index is -2.85. The van der Waals surface area contributed by atoms with E-state index in [9.17, 15) is 18.4 Å². The molecular formula is C20H18F2N4O3. The molecule has 3 aromatic rings. The molecular weight excluding hydrogens is 382 g/mol. The fourth-order valence-corrected chi connectivity index (χ4v) is 2.71. The van der Waals surface area contributed by atoms with Crippen LogP contribution in [0.1, 0.15) is 29.4 Å². The number of hydrogen-bond acceptors (Lipinski definition) is 5. The minimum Gasteiger partial charge on any atom is -0.435 e. The van der Waals surface area contributed by atoms with E-state index in [1.54, 1.807) is 43.3 Å². The van der Waals surface area contributed by atoms with Crippen LogP contribution in [0.15, 0.2) is 58.4 Å². The van der Waals surface area contributed by atoms with Crippen molar-refractivity contribution in [2.75, 3.05) is 0 Å². The number of alkyl halides is 2. The van der Waals surface area contributed by atoms with Crippen molar-refractivity contribution in [3.8, 4) is 5.75 Å². The monoisotopic (exact) mass is 400 g/mol. The molecule has 0 aliphatic carbocycles. The van der Waals surface area contributed by atoms with Crippen molar-refractivity contribution in [3.05, 3.63) is 70.1 Å². The Balaban J connectivity index is 1.61. The molecule has 0 aliphatic heterocycles. The lowest BCUT2D eigenvalue weighted by molar-refractivity contribution is -0.0498. The van der Waals surface area contributed by atoms with Crippen LogP contribution in [0, 0.1) is 0 Å². The summed E-state index contributed by atoms with van der Waals surface area (Å²) >= 11 is 0. The minimum absolute atomic E-state index is 0.0753. The Labute approximate surface area is 164 Å². The summed E-state index contributed by atoms with van der Waals surface area (Å²) in [6.45, 7) is -1.10. The van der Waals surface area contributed by atoms with Gasteiger partial charge in [0.05, 0.1) is 5.39 Å². The summed E-state index contributed by atoms with van der Waals surface area (Å²) in [6.07, 6.45) is 1.16. The maximum absolute atomic E-state index is 12.4. The van der Waals surface area contributed by atoms with Gasteiger partial charge in [-0.2, -0.15) is 19.0 Å². The number of fused-ring (bicyclic) bond motifs is 1. The average Bonchev–Trinajstić information content (AvgIpc) is 2.71. The average molecular weight is 400 g/mol. The predicted molar refractivity (Wildman–Crippen MR) is 104 cm³/mol. The maximum Gasteiger partial charge on any atom is 0.387 e. The lowest BCUT2D eigenvalue weighted by Gasteiger charge is -2.06. The molecule has 0 spiro atoms. The Morgan fingerprint density at radius 1 is 1.17 bits per heavy atom. The number of aryl methyl sites for hydroxylation is 1. The van der Waals surface area contributed by atoms with E-state index >= 15 is 0 Å². The van der Waals surface area contributed by atoms with E-state index < -0.39 is 12.5 Å². The van der Waals surface area contributed by atoms with Crippen molar-refractivity contribution in [1.82, 2.24) is 15.6 Å². The van der Waals surface area contributed by atoms with Crippen LogP contribution in [0.3, 0.4) is 0 Å². The summed E-state index contributed by atoms with van der Waals surface area (Å²) in [7, 11) is 0. The second-order valence-electron chi connectivity index (χ2n) is 6.26. The summed E-state index contributed by atoms with van der Waals surface area (Å²) in [5.74, 6) is -0.438. The number of amides is 1. The summed E-state index contributed by atoms with van der Waals surface area (Å²) < 4.78 is 28.6. The van der Waals surface area contributed by atoms with Gasteiger partial charge in [0.1, 0.15) is 5.75 Å². The number of H-pyrrole nitrogens is 1. The van der Waals surface area contributed by atoms with E-state index in [-0.39, 0.29) is 17.0 Å². The molecule has 0 saturated heterocycles. The van der Waals surface area contributed by atoms with Gasteiger partial charge in [0, 0.05) is 11.1 Å². The third-order valence-electron chi connectivity index (χ3n) is 4.18. The van der Waals surface area contributed by atoms with Gasteiger partial charge in [0.25, 0.3) is 11.5 Å². The van der Waals surface area contributed by atoms with Gasteiger partial charge in [-0.05, 0) is 43.5 Å². The van der Waals surface area contributed by atoms with Gasteiger partial charge in [0.2, 0.25) is 0 Å². The first-order valence-electron chi connectivity index (χ1n) is 8.78. The lowest BCUT2D eigenvalue weighted by Crippen LogP contribution is -2.23. The number of halogens is 2. The zero-order valence-electron chi connectivity index (χ0n) is 15.5. The summed E-state index contributed by atoms with van der Waals surface area (Å²) in [5.41, 5.74) is 3.72. The third kappa shape index (κ3) is 5.22. The molecule has 1 amide bonds. The number of carbonyl (C=O) groups excluding carboxylic acids is 1. The van der Waals surface area contributed by atoms with Crippen LogP contribution in [-0.2, 0) is 6.42 Å². The van der Waals surface area contributed by atoms with E-state index in [2.05, 4.69) is 25.5 Å². The number of nitrogens with zero attached hydrogens (tertiary/aromatic N) is 2. The van der Waals surface area contributed by atoms with Crippen LogP contribution in [0.4, 0.5) is 8.78 Å². The summed E-state index contributed by atoms with van der Waals surface area (Å²) in [4.78, 5) is 24.2. The number of hydrogen-bond donors (Lipinski definition) is 2. The van der Waals surface area contributed by atoms with Gasteiger partial charge in [-0.25, -0.2) is 10.5 Å². The topological polar surface area (TPSA) is 96.4 Å². The van der Waals surface area contributed by atoms with Gasteiger partial charge in [-0.15, -0.1) is 0 Å². The Morgan fingerprint density at radius 2 is 1.86 bits per heavy atom. The van der Waals surface area contributed by atoms with E-state index in [1.807, 2.05) is 0 Å². The lowest BCUT2D eigenvalue weighted by atomic mass is 10.1.